The van der Waals surface area contributed by atoms with Gasteiger partial charge in [-0.3, -0.25) is 14.8 Å². The van der Waals surface area contributed by atoms with E-state index in [1.165, 1.54) is 20.2 Å². The summed E-state index contributed by atoms with van der Waals surface area (Å²) in [4.78, 5) is 48.2. The molecule has 0 radical (unpaired) electrons. The maximum absolute atomic E-state index is 12.7. The van der Waals surface area contributed by atoms with Crippen molar-refractivity contribution < 1.29 is 23.9 Å². The average molecular weight is 381 g/mol. The van der Waals surface area contributed by atoms with Crippen LogP contribution in [0.1, 0.15) is 49.4 Å². The fourth-order valence-electron chi connectivity index (χ4n) is 2.98. The van der Waals surface area contributed by atoms with Crippen molar-refractivity contribution in [2.24, 2.45) is 0 Å². The number of fused-ring (bicyclic) bond motifs is 1. The molecule has 0 spiro atoms. The normalized spacial score (nSPS) is 11.9. The van der Waals surface area contributed by atoms with E-state index in [9.17, 15) is 14.4 Å². The lowest BCUT2D eigenvalue weighted by Crippen LogP contribution is -2.25. The van der Waals surface area contributed by atoms with E-state index in [2.05, 4.69) is 15.0 Å². The number of benzene rings is 1. The topological polar surface area (TPSA) is 111 Å². The minimum Gasteiger partial charge on any atom is -0.465 e. The number of nitrogens with one attached hydrogen (secondary N) is 1. The predicted octanol–water partition coefficient (Wildman–Crippen LogP) is 2.79. The van der Waals surface area contributed by atoms with Crippen LogP contribution < -0.4 is 0 Å². The Kier molecular flexibility index (Phi) is 5.21. The molecule has 0 amide bonds. The van der Waals surface area contributed by atoms with Gasteiger partial charge >= 0.3 is 11.9 Å². The highest BCUT2D eigenvalue weighted by Gasteiger charge is 2.27. The van der Waals surface area contributed by atoms with Crippen molar-refractivity contribution in [3.05, 3.63) is 58.7 Å². The first-order valence-corrected chi connectivity index (χ1v) is 8.57. The van der Waals surface area contributed by atoms with Crippen LogP contribution in [0, 0.1) is 13.8 Å². The van der Waals surface area contributed by atoms with Gasteiger partial charge in [0, 0.05) is 18.1 Å². The smallest absolute Gasteiger partial charge is 0.339 e. The van der Waals surface area contributed by atoms with Crippen LogP contribution >= 0.6 is 0 Å². The molecule has 3 aromatic rings. The van der Waals surface area contributed by atoms with Crippen LogP contribution in [0.2, 0.25) is 0 Å². The number of carbonyl (C=O) groups excluding carboxylic acids is 3. The van der Waals surface area contributed by atoms with Crippen LogP contribution in [0.4, 0.5) is 0 Å². The minimum atomic E-state index is -1.05. The van der Waals surface area contributed by atoms with Gasteiger partial charge in [0.1, 0.15) is 0 Å². The second-order valence-electron chi connectivity index (χ2n) is 6.29. The van der Waals surface area contributed by atoms with E-state index in [1.807, 2.05) is 0 Å². The number of rotatable bonds is 5. The second-order valence-corrected chi connectivity index (χ2v) is 6.29. The molecule has 0 aliphatic rings. The molecule has 0 unspecified atom stereocenters. The number of ether oxygens (including phenoxy) is 2. The summed E-state index contributed by atoms with van der Waals surface area (Å²) in [6.07, 6.45) is 2.04. The van der Waals surface area contributed by atoms with Crippen molar-refractivity contribution in [2.45, 2.75) is 26.9 Å². The number of aromatic amines is 1. The monoisotopic (exact) mass is 381 g/mol. The Morgan fingerprint density at radius 3 is 2.39 bits per heavy atom. The number of aryl methyl sites for hydroxylation is 1. The van der Waals surface area contributed by atoms with Crippen molar-refractivity contribution in [3.63, 3.8) is 0 Å². The Hall–Kier alpha value is -3.55. The van der Waals surface area contributed by atoms with E-state index >= 15 is 0 Å². The van der Waals surface area contributed by atoms with Crippen molar-refractivity contribution in [1.29, 1.82) is 0 Å². The van der Waals surface area contributed by atoms with Crippen molar-refractivity contribution in [2.75, 3.05) is 7.11 Å². The van der Waals surface area contributed by atoms with Gasteiger partial charge in [0.2, 0.25) is 5.78 Å². The molecule has 3 rings (SSSR count). The first-order chi connectivity index (χ1) is 13.3. The van der Waals surface area contributed by atoms with Gasteiger partial charge in [-0.15, -0.1) is 0 Å². The van der Waals surface area contributed by atoms with Crippen LogP contribution in [-0.2, 0) is 9.47 Å². The average Bonchev–Trinajstić information content (AvgIpc) is 3.00. The van der Waals surface area contributed by atoms with Crippen molar-refractivity contribution in [3.8, 4) is 0 Å². The molecule has 0 aliphatic carbocycles. The van der Waals surface area contributed by atoms with E-state index in [0.29, 0.717) is 27.9 Å². The van der Waals surface area contributed by atoms with Gasteiger partial charge in [-0.05, 0) is 44.5 Å². The summed E-state index contributed by atoms with van der Waals surface area (Å²) in [6, 6.07) is 4.78. The largest absolute Gasteiger partial charge is 0.465 e. The first kappa shape index (κ1) is 19.2. The number of H-pyrrole nitrogens is 1. The van der Waals surface area contributed by atoms with E-state index in [1.54, 1.807) is 38.2 Å². The summed E-state index contributed by atoms with van der Waals surface area (Å²) in [5.74, 6) is -1.63. The van der Waals surface area contributed by atoms with Gasteiger partial charge in [-0.1, -0.05) is 0 Å². The molecule has 0 bridgehead atoms. The highest BCUT2D eigenvalue weighted by Crippen LogP contribution is 2.21. The van der Waals surface area contributed by atoms with Gasteiger partial charge in [-0.2, -0.15) is 0 Å². The SMILES string of the molecule is COC(=O)c1c(C)[nH]c(C(=O)[C@@H](C)OC(=O)c2ccc3nccnc3c2)c1C. The lowest BCUT2D eigenvalue weighted by molar-refractivity contribution is 0.0317. The van der Waals surface area contributed by atoms with Gasteiger partial charge in [-0.25, -0.2) is 9.59 Å². The summed E-state index contributed by atoms with van der Waals surface area (Å²) in [5.41, 5.74) is 2.95. The van der Waals surface area contributed by atoms with Crippen LogP contribution in [0.25, 0.3) is 11.0 Å². The molecule has 2 heterocycles. The molecule has 8 heteroatoms. The van der Waals surface area contributed by atoms with Gasteiger partial charge < -0.3 is 14.5 Å². The van der Waals surface area contributed by atoms with Gasteiger partial charge in [0.05, 0.1) is 35.0 Å². The Morgan fingerprint density at radius 2 is 1.71 bits per heavy atom. The van der Waals surface area contributed by atoms with E-state index in [-0.39, 0.29) is 11.3 Å². The third-order valence-corrected chi connectivity index (χ3v) is 4.43. The third kappa shape index (κ3) is 3.48. The molecule has 0 fully saturated rings. The van der Waals surface area contributed by atoms with Gasteiger partial charge in [0.25, 0.3) is 0 Å². The van der Waals surface area contributed by atoms with E-state index < -0.39 is 23.8 Å². The van der Waals surface area contributed by atoms with E-state index in [0.717, 1.165) is 0 Å². The first-order valence-electron chi connectivity index (χ1n) is 8.57. The van der Waals surface area contributed by atoms with Crippen LogP contribution in [0.3, 0.4) is 0 Å². The Labute approximate surface area is 160 Å². The Balaban J connectivity index is 1.80. The molecule has 0 aliphatic heterocycles. The molecule has 0 saturated carbocycles. The molecular formula is C20H19N3O5. The molecule has 8 nitrogen and oxygen atoms in total. The predicted molar refractivity (Wildman–Crippen MR) is 100 cm³/mol. The molecular weight excluding hydrogens is 362 g/mol. The number of methoxy groups -OCH3 is 1. The summed E-state index contributed by atoms with van der Waals surface area (Å²) in [5, 5.41) is 0. The number of ketones is 1. The van der Waals surface area contributed by atoms with Crippen molar-refractivity contribution >= 4 is 28.8 Å². The van der Waals surface area contributed by atoms with E-state index in [4.69, 9.17) is 9.47 Å². The highest BCUT2D eigenvalue weighted by atomic mass is 16.5. The lowest BCUT2D eigenvalue weighted by atomic mass is 10.1. The van der Waals surface area contributed by atoms with Gasteiger partial charge in [0.15, 0.2) is 6.10 Å². The molecule has 1 atom stereocenters. The van der Waals surface area contributed by atoms with Crippen LogP contribution in [0.15, 0.2) is 30.6 Å². The number of Topliss-reactive ketones (excluding diaryl/α,β-unsaturated/α-hetero) is 1. The molecule has 2 aromatic heterocycles. The molecule has 144 valence electrons. The summed E-state index contributed by atoms with van der Waals surface area (Å²) in [7, 11) is 1.27. The number of hydrogen-bond donors (Lipinski definition) is 1. The fraction of sp³-hybridized carbons (Fsp3) is 0.250. The third-order valence-electron chi connectivity index (χ3n) is 4.43. The molecule has 0 saturated heterocycles. The summed E-state index contributed by atoms with van der Waals surface area (Å²) < 4.78 is 10.1. The zero-order valence-electron chi connectivity index (χ0n) is 15.9. The molecule has 1 N–H and O–H groups in total. The number of esters is 2. The standard InChI is InChI=1S/C20H19N3O5/c1-10-16(20(26)27-4)11(2)23-17(10)18(24)12(3)28-19(25)13-5-6-14-15(9-13)22-8-7-21-14/h5-9,12,23H,1-4H3/t12-/m1/s1. The highest BCUT2D eigenvalue weighted by molar-refractivity contribution is 6.04. The maximum Gasteiger partial charge on any atom is 0.339 e. The quantitative estimate of drug-likeness (QED) is 0.534. The second kappa shape index (κ2) is 7.59. The Bertz CT molecular complexity index is 1090. The van der Waals surface area contributed by atoms with Crippen molar-refractivity contribution in [1.82, 2.24) is 15.0 Å². The number of nitrogens with zero attached hydrogens (tertiary/aromatic N) is 2. The van der Waals surface area contributed by atoms with Crippen LogP contribution in [0.5, 0.6) is 0 Å². The summed E-state index contributed by atoms with van der Waals surface area (Å²) in [6.45, 7) is 4.79. The number of carbonyl (C=O) groups is 3. The molecule has 28 heavy (non-hydrogen) atoms. The minimum absolute atomic E-state index is 0.211. The zero-order valence-corrected chi connectivity index (χ0v) is 15.9. The zero-order chi connectivity index (χ0) is 20.4. The van der Waals surface area contributed by atoms with Crippen LogP contribution in [-0.4, -0.2) is 45.9 Å². The molecule has 1 aromatic carbocycles. The Morgan fingerprint density at radius 1 is 1.04 bits per heavy atom. The summed E-state index contributed by atoms with van der Waals surface area (Å²) >= 11 is 0. The number of hydrogen-bond acceptors (Lipinski definition) is 7. The maximum atomic E-state index is 12.7. The fourth-order valence-corrected chi connectivity index (χ4v) is 2.98. The lowest BCUT2D eigenvalue weighted by Gasteiger charge is -2.12. The number of aromatic nitrogens is 3.